The lowest BCUT2D eigenvalue weighted by Crippen LogP contribution is -2.30. The van der Waals surface area contributed by atoms with E-state index in [0.29, 0.717) is 5.69 Å². The molecule has 1 N–H and O–H groups in total. The molecule has 6 heteroatoms. The summed E-state index contributed by atoms with van der Waals surface area (Å²) in [5, 5.41) is 3.75. The summed E-state index contributed by atoms with van der Waals surface area (Å²) in [6, 6.07) is 7.26. The average Bonchev–Trinajstić information content (AvgIpc) is 2.17. The first-order valence-electron chi connectivity index (χ1n) is 4.11. The second-order valence-electron chi connectivity index (χ2n) is 2.83. The molecule has 0 aliphatic heterocycles. The molecular formula is C9H6IN3O2. The Morgan fingerprint density at radius 1 is 1.33 bits per heavy atom. The standard InChI is InChI=1S/C9H6IN3O2/c10-6-2-1-3-7(4-6)13-9(15)12-8(14)5-11-13/h1-5H,(H,12,14,15). The molecule has 2 rings (SSSR count). The molecule has 0 atom stereocenters. The van der Waals surface area contributed by atoms with Crippen molar-refractivity contribution in [2.45, 2.75) is 0 Å². The zero-order valence-corrected chi connectivity index (χ0v) is 9.63. The van der Waals surface area contributed by atoms with Crippen LogP contribution in [-0.2, 0) is 0 Å². The average molecular weight is 315 g/mol. The molecule has 0 saturated carbocycles. The highest BCUT2D eigenvalue weighted by molar-refractivity contribution is 14.1. The molecule has 0 spiro atoms. The summed E-state index contributed by atoms with van der Waals surface area (Å²) >= 11 is 2.14. The van der Waals surface area contributed by atoms with E-state index in [0.717, 1.165) is 14.4 Å². The fraction of sp³-hybridized carbons (Fsp3) is 0. The van der Waals surface area contributed by atoms with E-state index in [2.05, 4.69) is 32.7 Å². The monoisotopic (exact) mass is 315 g/mol. The maximum absolute atomic E-state index is 11.4. The molecule has 0 saturated heterocycles. The number of nitrogens with zero attached hydrogens (tertiary/aromatic N) is 2. The van der Waals surface area contributed by atoms with E-state index < -0.39 is 11.2 Å². The Kier molecular flexibility index (Phi) is 2.67. The number of nitrogens with one attached hydrogen (secondary N) is 1. The highest BCUT2D eigenvalue weighted by Crippen LogP contribution is 2.08. The van der Waals surface area contributed by atoms with Crippen LogP contribution in [-0.4, -0.2) is 14.8 Å². The van der Waals surface area contributed by atoms with Gasteiger partial charge in [0.05, 0.1) is 5.69 Å². The van der Waals surface area contributed by atoms with Gasteiger partial charge in [-0.15, -0.1) is 0 Å². The van der Waals surface area contributed by atoms with Gasteiger partial charge in [-0.1, -0.05) is 6.07 Å². The van der Waals surface area contributed by atoms with Gasteiger partial charge in [0.25, 0.3) is 5.56 Å². The van der Waals surface area contributed by atoms with E-state index in [9.17, 15) is 9.59 Å². The molecule has 2 aromatic rings. The van der Waals surface area contributed by atoms with Crippen molar-refractivity contribution in [3.63, 3.8) is 0 Å². The summed E-state index contributed by atoms with van der Waals surface area (Å²) in [4.78, 5) is 24.3. The van der Waals surface area contributed by atoms with E-state index in [1.54, 1.807) is 12.1 Å². The second kappa shape index (κ2) is 3.97. The number of H-pyrrole nitrogens is 1. The van der Waals surface area contributed by atoms with Crippen LogP contribution in [0.5, 0.6) is 0 Å². The first kappa shape index (κ1) is 10.1. The van der Waals surface area contributed by atoms with Gasteiger partial charge in [-0.2, -0.15) is 9.78 Å². The fourth-order valence-electron chi connectivity index (χ4n) is 1.15. The molecule has 0 unspecified atom stereocenters. The third-order valence-corrected chi connectivity index (χ3v) is 2.44. The number of rotatable bonds is 1. The normalized spacial score (nSPS) is 10.2. The van der Waals surface area contributed by atoms with Crippen molar-refractivity contribution < 1.29 is 0 Å². The fourth-order valence-corrected chi connectivity index (χ4v) is 1.67. The molecule has 1 heterocycles. The van der Waals surface area contributed by atoms with Crippen LogP contribution in [0.3, 0.4) is 0 Å². The predicted octanol–water partition coefficient (Wildman–Crippen LogP) is 0.525. The molecule has 0 aliphatic carbocycles. The summed E-state index contributed by atoms with van der Waals surface area (Å²) in [6.07, 6.45) is 1.07. The zero-order chi connectivity index (χ0) is 10.8. The van der Waals surface area contributed by atoms with Crippen LogP contribution in [0.2, 0.25) is 0 Å². The Morgan fingerprint density at radius 2 is 2.13 bits per heavy atom. The van der Waals surface area contributed by atoms with Crippen molar-refractivity contribution in [1.82, 2.24) is 14.8 Å². The number of aromatic nitrogens is 3. The maximum atomic E-state index is 11.4. The number of hydrogen-bond donors (Lipinski definition) is 1. The van der Waals surface area contributed by atoms with E-state index in [-0.39, 0.29) is 0 Å². The number of aromatic amines is 1. The third-order valence-electron chi connectivity index (χ3n) is 1.77. The minimum Gasteiger partial charge on any atom is -0.271 e. The van der Waals surface area contributed by atoms with Crippen LogP contribution in [0.1, 0.15) is 0 Å². The highest BCUT2D eigenvalue weighted by atomic mass is 127. The minimum atomic E-state index is -0.537. The molecular weight excluding hydrogens is 309 g/mol. The molecule has 0 radical (unpaired) electrons. The molecule has 1 aromatic carbocycles. The highest BCUT2D eigenvalue weighted by Gasteiger charge is 2.01. The van der Waals surface area contributed by atoms with E-state index >= 15 is 0 Å². The molecule has 5 nitrogen and oxygen atoms in total. The number of hydrogen-bond acceptors (Lipinski definition) is 3. The molecule has 0 amide bonds. The summed E-state index contributed by atoms with van der Waals surface area (Å²) in [5.41, 5.74) is -0.408. The van der Waals surface area contributed by atoms with Gasteiger partial charge in [-0.05, 0) is 40.8 Å². The summed E-state index contributed by atoms with van der Waals surface area (Å²) in [5.74, 6) is 0. The van der Waals surface area contributed by atoms with Crippen molar-refractivity contribution in [3.05, 3.63) is 54.9 Å². The Balaban J connectivity index is 2.64. The van der Waals surface area contributed by atoms with Crippen molar-refractivity contribution in [1.29, 1.82) is 0 Å². The van der Waals surface area contributed by atoms with Gasteiger partial charge in [0.2, 0.25) is 0 Å². The van der Waals surface area contributed by atoms with Crippen LogP contribution >= 0.6 is 22.6 Å². The topological polar surface area (TPSA) is 67.8 Å². The summed E-state index contributed by atoms with van der Waals surface area (Å²) in [6.45, 7) is 0. The molecule has 1 aromatic heterocycles. The van der Waals surface area contributed by atoms with E-state index in [1.807, 2.05) is 12.1 Å². The van der Waals surface area contributed by atoms with Crippen molar-refractivity contribution >= 4 is 22.6 Å². The van der Waals surface area contributed by atoms with Crippen LogP contribution in [0.4, 0.5) is 0 Å². The number of halogens is 1. The first-order chi connectivity index (χ1) is 7.16. The molecule has 76 valence electrons. The van der Waals surface area contributed by atoms with Crippen molar-refractivity contribution in [3.8, 4) is 5.69 Å². The van der Waals surface area contributed by atoms with Gasteiger partial charge in [0.15, 0.2) is 0 Å². The smallest absolute Gasteiger partial charge is 0.271 e. The molecule has 0 fully saturated rings. The van der Waals surface area contributed by atoms with Crippen LogP contribution in [0, 0.1) is 3.57 Å². The zero-order valence-electron chi connectivity index (χ0n) is 7.48. The number of benzene rings is 1. The maximum Gasteiger partial charge on any atom is 0.349 e. The van der Waals surface area contributed by atoms with Gasteiger partial charge >= 0.3 is 5.69 Å². The van der Waals surface area contributed by atoms with Gasteiger partial charge < -0.3 is 0 Å². The van der Waals surface area contributed by atoms with E-state index in [4.69, 9.17) is 0 Å². The van der Waals surface area contributed by atoms with Gasteiger partial charge in [-0.25, -0.2) is 4.79 Å². The van der Waals surface area contributed by atoms with Crippen molar-refractivity contribution in [2.24, 2.45) is 0 Å². The Hall–Kier alpha value is -1.44. The van der Waals surface area contributed by atoms with Gasteiger partial charge in [0, 0.05) is 3.57 Å². The molecule has 15 heavy (non-hydrogen) atoms. The SMILES string of the molecule is O=c1cnn(-c2cccc(I)c2)c(=O)[nH]1. The molecule has 0 aliphatic rings. The lowest BCUT2D eigenvalue weighted by Gasteiger charge is -2.02. The first-order valence-corrected chi connectivity index (χ1v) is 5.19. The quantitative estimate of drug-likeness (QED) is 0.781. The second-order valence-corrected chi connectivity index (χ2v) is 4.08. The van der Waals surface area contributed by atoms with Gasteiger partial charge in [0.1, 0.15) is 6.20 Å². The van der Waals surface area contributed by atoms with Gasteiger partial charge in [-0.3, -0.25) is 9.78 Å². The van der Waals surface area contributed by atoms with Crippen LogP contribution < -0.4 is 11.2 Å². The Labute approximate surface area is 97.9 Å². The lowest BCUT2D eigenvalue weighted by molar-refractivity contribution is 0.749. The van der Waals surface area contributed by atoms with Crippen molar-refractivity contribution in [2.75, 3.05) is 0 Å². The van der Waals surface area contributed by atoms with E-state index in [1.165, 1.54) is 0 Å². The van der Waals surface area contributed by atoms with Crippen LogP contribution in [0.15, 0.2) is 40.1 Å². The summed E-state index contributed by atoms with van der Waals surface area (Å²) < 4.78 is 2.13. The Bertz CT molecular complexity index is 603. The van der Waals surface area contributed by atoms with Crippen LogP contribution in [0.25, 0.3) is 5.69 Å². The third kappa shape index (κ3) is 2.14. The lowest BCUT2D eigenvalue weighted by atomic mass is 10.3. The predicted molar refractivity (Wildman–Crippen MR) is 63.2 cm³/mol. The minimum absolute atomic E-state index is 0.498. The Morgan fingerprint density at radius 3 is 2.80 bits per heavy atom. The summed E-state index contributed by atoms with van der Waals surface area (Å²) in [7, 11) is 0. The molecule has 0 bridgehead atoms. The largest absolute Gasteiger partial charge is 0.349 e.